The third-order valence-electron chi connectivity index (χ3n) is 4.59. The van der Waals surface area contributed by atoms with E-state index in [9.17, 15) is 9.59 Å². The number of carbonyl (C=O) groups excluding carboxylic acids is 2. The lowest BCUT2D eigenvalue weighted by Gasteiger charge is -2.28. The first-order valence-corrected chi connectivity index (χ1v) is 10.1. The number of benzene rings is 1. The van der Waals surface area contributed by atoms with Gasteiger partial charge in [0.2, 0.25) is 0 Å². The fourth-order valence-corrected chi connectivity index (χ4v) is 3.88. The second-order valence-electron chi connectivity index (χ2n) is 6.78. The summed E-state index contributed by atoms with van der Waals surface area (Å²) >= 11 is 1.63. The number of rotatable bonds is 8. The minimum Gasteiger partial charge on any atom is -0.481 e. The van der Waals surface area contributed by atoms with Gasteiger partial charge in [0, 0.05) is 23.6 Å². The molecule has 0 saturated carbocycles. The lowest BCUT2D eigenvalue weighted by atomic mass is 10.1. The molecule has 0 bridgehead atoms. The molecular formula is C21H25NO4S. The molecule has 2 heterocycles. The average molecular weight is 388 g/mol. The van der Waals surface area contributed by atoms with Gasteiger partial charge in [0.25, 0.3) is 5.91 Å². The first-order valence-electron chi connectivity index (χ1n) is 9.23. The van der Waals surface area contributed by atoms with E-state index < -0.39 is 6.10 Å². The van der Waals surface area contributed by atoms with Gasteiger partial charge >= 0.3 is 0 Å². The van der Waals surface area contributed by atoms with E-state index in [1.54, 1.807) is 42.5 Å². The van der Waals surface area contributed by atoms with Crippen LogP contribution in [0.4, 0.5) is 0 Å². The topological polar surface area (TPSA) is 55.8 Å². The lowest BCUT2D eigenvalue weighted by Crippen LogP contribution is -2.43. The Labute approximate surface area is 163 Å². The van der Waals surface area contributed by atoms with Gasteiger partial charge in [-0.05, 0) is 50.3 Å². The lowest BCUT2D eigenvalue weighted by molar-refractivity contribution is -0.140. The van der Waals surface area contributed by atoms with Crippen LogP contribution in [0.15, 0.2) is 41.8 Å². The molecule has 0 spiro atoms. The SMILES string of the molecule is CC(=O)c1cccc(O[C@@H](C)C(=O)N(Cc2cccs2)C[C@@H]2CCCO2)c1. The van der Waals surface area contributed by atoms with Crippen molar-refractivity contribution in [1.82, 2.24) is 4.90 Å². The van der Waals surface area contributed by atoms with E-state index in [2.05, 4.69) is 0 Å². The monoisotopic (exact) mass is 387 g/mol. The summed E-state index contributed by atoms with van der Waals surface area (Å²) in [4.78, 5) is 27.6. The summed E-state index contributed by atoms with van der Waals surface area (Å²) in [6, 6.07) is 11.0. The highest BCUT2D eigenvalue weighted by atomic mass is 32.1. The number of hydrogen-bond acceptors (Lipinski definition) is 5. The molecular weight excluding hydrogens is 362 g/mol. The number of thiophene rings is 1. The summed E-state index contributed by atoms with van der Waals surface area (Å²) in [7, 11) is 0. The smallest absolute Gasteiger partial charge is 0.263 e. The van der Waals surface area contributed by atoms with Crippen LogP contribution < -0.4 is 4.74 Å². The Balaban J connectivity index is 1.69. The summed E-state index contributed by atoms with van der Waals surface area (Å²) in [6.07, 6.45) is 1.45. The van der Waals surface area contributed by atoms with Gasteiger partial charge in [0.1, 0.15) is 5.75 Å². The molecule has 1 aliphatic heterocycles. The van der Waals surface area contributed by atoms with Gasteiger partial charge in [-0.1, -0.05) is 18.2 Å². The van der Waals surface area contributed by atoms with E-state index in [1.165, 1.54) is 6.92 Å². The van der Waals surface area contributed by atoms with E-state index >= 15 is 0 Å². The Morgan fingerprint density at radius 3 is 2.85 bits per heavy atom. The number of amides is 1. The second kappa shape index (κ2) is 9.15. The summed E-state index contributed by atoms with van der Waals surface area (Å²) in [5.74, 6) is 0.418. The molecule has 1 aromatic heterocycles. The molecule has 6 heteroatoms. The maximum atomic E-state index is 13.1. The van der Waals surface area contributed by atoms with Crippen molar-refractivity contribution in [3.05, 3.63) is 52.2 Å². The number of ether oxygens (including phenoxy) is 2. The van der Waals surface area contributed by atoms with Gasteiger partial charge in [-0.25, -0.2) is 0 Å². The molecule has 1 fully saturated rings. The average Bonchev–Trinajstić information content (AvgIpc) is 3.35. The maximum Gasteiger partial charge on any atom is 0.263 e. The third-order valence-corrected chi connectivity index (χ3v) is 5.45. The van der Waals surface area contributed by atoms with Gasteiger partial charge < -0.3 is 14.4 Å². The van der Waals surface area contributed by atoms with Crippen LogP contribution in [0.25, 0.3) is 0 Å². The number of Topliss-reactive ketones (excluding diaryl/α,β-unsaturated/α-hetero) is 1. The minimum absolute atomic E-state index is 0.0304. The molecule has 5 nitrogen and oxygen atoms in total. The minimum atomic E-state index is -0.645. The van der Waals surface area contributed by atoms with E-state index in [0.29, 0.717) is 24.4 Å². The van der Waals surface area contributed by atoms with Crippen LogP contribution in [0.5, 0.6) is 5.75 Å². The zero-order valence-corrected chi connectivity index (χ0v) is 16.5. The van der Waals surface area contributed by atoms with Crippen LogP contribution in [0.3, 0.4) is 0 Å². The molecule has 144 valence electrons. The molecule has 1 aromatic carbocycles. The Kier molecular flexibility index (Phi) is 6.63. The van der Waals surface area contributed by atoms with E-state index in [0.717, 1.165) is 24.3 Å². The molecule has 1 aliphatic rings. The Bertz CT molecular complexity index is 768. The molecule has 3 rings (SSSR count). The van der Waals surface area contributed by atoms with Crippen LogP contribution in [0, 0.1) is 0 Å². The first kappa shape index (κ1) is 19.6. The van der Waals surface area contributed by atoms with Gasteiger partial charge in [0.15, 0.2) is 11.9 Å². The van der Waals surface area contributed by atoms with Gasteiger partial charge in [-0.15, -0.1) is 11.3 Å². The summed E-state index contributed by atoms with van der Waals surface area (Å²) < 4.78 is 11.6. The summed E-state index contributed by atoms with van der Waals surface area (Å²) in [5, 5.41) is 2.01. The highest BCUT2D eigenvalue weighted by Crippen LogP contribution is 2.20. The van der Waals surface area contributed by atoms with Crippen molar-refractivity contribution < 1.29 is 19.1 Å². The zero-order chi connectivity index (χ0) is 19.2. The molecule has 0 N–H and O–H groups in total. The predicted octanol–water partition coefficient (Wildman–Crippen LogP) is 3.93. The van der Waals surface area contributed by atoms with E-state index in [1.807, 2.05) is 22.4 Å². The molecule has 0 aliphatic carbocycles. The number of carbonyl (C=O) groups is 2. The molecule has 0 unspecified atom stereocenters. The van der Waals surface area contributed by atoms with Crippen LogP contribution in [0.2, 0.25) is 0 Å². The molecule has 0 radical (unpaired) electrons. The third kappa shape index (κ3) is 5.40. The van der Waals surface area contributed by atoms with Crippen LogP contribution in [-0.2, 0) is 16.1 Å². The van der Waals surface area contributed by atoms with Crippen molar-refractivity contribution in [1.29, 1.82) is 0 Å². The van der Waals surface area contributed by atoms with E-state index in [-0.39, 0.29) is 17.8 Å². The van der Waals surface area contributed by atoms with Crippen molar-refractivity contribution >= 4 is 23.0 Å². The number of nitrogens with zero attached hydrogens (tertiary/aromatic N) is 1. The van der Waals surface area contributed by atoms with Gasteiger partial charge in [-0.3, -0.25) is 9.59 Å². The van der Waals surface area contributed by atoms with Crippen LogP contribution in [0.1, 0.15) is 41.9 Å². The number of ketones is 1. The molecule has 2 aromatic rings. The van der Waals surface area contributed by atoms with Crippen molar-refractivity contribution in [2.45, 2.75) is 45.4 Å². The zero-order valence-electron chi connectivity index (χ0n) is 15.7. The highest BCUT2D eigenvalue weighted by molar-refractivity contribution is 7.09. The maximum absolute atomic E-state index is 13.1. The highest BCUT2D eigenvalue weighted by Gasteiger charge is 2.27. The normalized spacial score (nSPS) is 17.5. The Morgan fingerprint density at radius 2 is 2.19 bits per heavy atom. The fourth-order valence-electron chi connectivity index (χ4n) is 3.16. The van der Waals surface area contributed by atoms with Gasteiger partial charge in [0.05, 0.1) is 12.6 Å². The molecule has 2 atom stereocenters. The van der Waals surface area contributed by atoms with Crippen molar-refractivity contribution in [3.8, 4) is 5.75 Å². The summed E-state index contributed by atoms with van der Waals surface area (Å²) in [5.41, 5.74) is 0.571. The first-order chi connectivity index (χ1) is 13.0. The largest absolute Gasteiger partial charge is 0.481 e. The fraction of sp³-hybridized carbons (Fsp3) is 0.429. The Hall–Kier alpha value is -2.18. The van der Waals surface area contributed by atoms with Crippen LogP contribution >= 0.6 is 11.3 Å². The van der Waals surface area contributed by atoms with Crippen molar-refractivity contribution in [3.63, 3.8) is 0 Å². The van der Waals surface area contributed by atoms with E-state index in [4.69, 9.17) is 9.47 Å². The molecule has 27 heavy (non-hydrogen) atoms. The Morgan fingerprint density at radius 1 is 1.33 bits per heavy atom. The molecule has 1 saturated heterocycles. The standard InChI is InChI=1S/C21H25NO4S/c1-15(23)17-6-3-7-18(12-17)26-16(2)21(24)22(13-19-8-4-10-25-19)14-20-9-5-11-27-20/h3,5-7,9,11-12,16,19H,4,8,10,13-14H2,1-2H3/t16-,19-/m0/s1. The van der Waals surface area contributed by atoms with Crippen LogP contribution in [-0.4, -0.2) is 41.9 Å². The number of hydrogen-bond donors (Lipinski definition) is 0. The van der Waals surface area contributed by atoms with Crippen molar-refractivity contribution in [2.24, 2.45) is 0 Å². The predicted molar refractivity (Wildman–Crippen MR) is 105 cm³/mol. The second-order valence-corrected chi connectivity index (χ2v) is 7.81. The summed E-state index contributed by atoms with van der Waals surface area (Å²) in [6.45, 7) is 5.14. The quantitative estimate of drug-likeness (QED) is 0.644. The molecule has 1 amide bonds. The van der Waals surface area contributed by atoms with Crippen molar-refractivity contribution in [2.75, 3.05) is 13.2 Å². The van der Waals surface area contributed by atoms with Gasteiger partial charge in [-0.2, -0.15) is 0 Å².